The number of nitrogens with one attached hydrogen (secondary N) is 2. The van der Waals surface area contributed by atoms with Crippen LogP contribution in [0.15, 0.2) is 34.9 Å². The predicted octanol–water partition coefficient (Wildman–Crippen LogP) is 1.45. The van der Waals surface area contributed by atoms with E-state index in [0.29, 0.717) is 0 Å². The van der Waals surface area contributed by atoms with Gasteiger partial charge in [0.2, 0.25) is 0 Å². The molecule has 7 heteroatoms. The SMILES string of the molecule is CN=C(NCc1cccs1)NCC(c1cnn(C)c1)N(C)C. The molecule has 2 N–H and O–H groups in total. The van der Waals surface area contributed by atoms with Gasteiger partial charge in [-0.05, 0) is 25.5 Å². The predicted molar refractivity (Wildman–Crippen MR) is 92.2 cm³/mol. The Morgan fingerprint density at radius 1 is 1.45 bits per heavy atom. The van der Waals surface area contributed by atoms with Crippen LogP contribution in [0.4, 0.5) is 0 Å². The van der Waals surface area contributed by atoms with E-state index in [1.807, 2.05) is 24.1 Å². The first kappa shape index (κ1) is 16.5. The lowest BCUT2D eigenvalue weighted by molar-refractivity contribution is 0.298. The molecule has 0 saturated heterocycles. The molecule has 0 saturated carbocycles. The number of aliphatic imine (C=N–C) groups is 1. The van der Waals surface area contributed by atoms with Gasteiger partial charge in [0.15, 0.2) is 5.96 Å². The average Bonchev–Trinajstić information content (AvgIpc) is 3.14. The second-order valence-corrected chi connectivity index (χ2v) is 6.35. The fourth-order valence-corrected chi connectivity index (χ4v) is 2.85. The molecule has 2 heterocycles. The van der Waals surface area contributed by atoms with Gasteiger partial charge in [-0.15, -0.1) is 11.3 Å². The lowest BCUT2D eigenvalue weighted by Gasteiger charge is -2.24. The number of hydrogen-bond acceptors (Lipinski definition) is 4. The number of rotatable bonds is 6. The highest BCUT2D eigenvalue weighted by molar-refractivity contribution is 7.09. The molecule has 2 aromatic rings. The van der Waals surface area contributed by atoms with Crippen molar-refractivity contribution in [2.24, 2.45) is 12.0 Å². The van der Waals surface area contributed by atoms with Gasteiger partial charge in [0.05, 0.1) is 18.8 Å². The average molecular weight is 320 g/mol. The minimum absolute atomic E-state index is 0.244. The second-order valence-electron chi connectivity index (χ2n) is 5.31. The van der Waals surface area contributed by atoms with Gasteiger partial charge in [-0.2, -0.15) is 5.10 Å². The molecule has 0 spiro atoms. The summed E-state index contributed by atoms with van der Waals surface area (Å²) < 4.78 is 1.83. The van der Waals surface area contributed by atoms with Crippen LogP contribution in [0.5, 0.6) is 0 Å². The number of likely N-dealkylation sites (N-methyl/N-ethyl adjacent to an activating group) is 1. The third-order valence-electron chi connectivity index (χ3n) is 3.43. The van der Waals surface area contributed by atoms with Crippen molar-refractivity contribution in [1.82, 2.24) is 25.3 Å². The Balaban J connectivity index is 1.90. The number of aryl methyl sites for hydroxylation is 1. The van der Waals surface area contributed by atoms with Crippen molar-refractivity contribution in [2.75, 3.05) is 27.7 Å². The Hall–Kier alpha value is -1.86. The molecule has 2 rings (SSSR count). The van der Waals surface area contributed by atoms with Gasteiger partial charge in [0.1, 0.15) is 0 Å². The Morgan fingerprint density at radius 2 is 2.27 bits per heavy atom. The molecule has 0 fully saturated rings. The van der Waals surface area contributed by atoms with Crippen LogP contribution in [0.3, 0.4) is 0 Å². The molecule has 0 aliphatic rings. The van der Waals surface area contributed by atoms with E-state index in [-0.39, 0.29) is 6.04 Å². The van der Waals surface area contributed by atoms with E-state index in [4.69, 9.17) is 0 Å². The van der Waals surface area contributed by atoms with E-state index >= 15 is 0 Å². The Morgan fingerprint density at radius 3 is 2.82 bits per heavy atom. The van der Waals surface area contributed by atoms with E-state index < -0.39 is 0 Å². The topological polar surface area (TPSA) is 57.5 Å². The molecule has 0 radical (unpaired) electrons. The van der Waals surface area contributed by atoms with E-state index in [2.05, 4.69) is 57.2 Å². The summed E-state index contributed by atoms with van der Waals surface area (Å²) in [5.74, 6) is 0.809. The maximum atomic E-state index is 4.28. The van der Waals surface area contributed by atoms with Gasteiger partial charge in [-0.3, -0.25) is 9.67 Å². The van der Waals surface area contributed by atoms with Gasteiger partial charge in [-0.25, -0.2) is 0 Å². The summed E-state index contributed by atoms with van der Waals surface area (Å²) in [7, 11) is 7.87. The summed E-state index contributed by atoms with van der Waals surface area (Å²) in [4.78, 5) is 7.75. The Kier molecular flexibility index (Phi) is 5.97. The lowest BCUT2D eigenvalue weighted by Crippen LogP contribution is -2.41. The first-order chi connectivity index (χ1) is 10.6. The van der Waals surface area contributed by atoms with Crippen LogP contribution in [0, 0.1) is 0 Å². The summed E-state index contributed by atoms with van der Waals surface area (Å²) >= 11 is 1.74. The number of nitrogens with zero attached hydrogens (tertiary/aromatic N) is 4. The first-order valence-electron chi connectivity index (χ1n) is 7.22. The third kappa shape index (κ3) is 4.57. The fourth-order valence-electron chi connectivity index (χ4n) is 2.21. The van der Waals surface area contributed by atoms with Gasteiger partial charge in [0, 0.05) is 37.3 Å². The molecule has 120 valence electrons. The Bertz CT molecular complexity index is 587. The zero-order valence-corrected chi connectivity index (χ0v) is 14.4. The third-order valence-corrected chi connectivity index (χ3v) is 4.31. The molecule has 0 aromatic carbocycles. The molecule has 6 nitrogen and oxygen atoms in total. The fraction of sp³-hybridized carbons (Fsp3) is 0.467. The molecule has 2 aromatic heterocycles. The van der Waals surface area contributed by atoms with Gasteiger partial charge in [-0.1, -0.05) is 6.07 Å². The normalized spacial score (nSPS) is 13.4. The highest BCUT2D eigenvalue weighted by Gasteiger charge is 2.16. The van der Waals surface area contributed by atoms with E-state index in [9.17, 15) is 0 Å². The summed E-state index contributed by atoms with van der Waals surface area (Å²) in [6, 6.07) is 4.42. The van der Waals surface area contributed by atoms with Gasteiger partial charge < -0.3 is 15.5 Å². The van der Waals surface area contributed by atoms with E-state index in [0.717, 1.165) is 19.0 Å². The molecular weight excluding hydrogens is 296 g/mol. The number of thiophene rings is 1. The minimum Gasteiger partial charge on any atom is -0.354 e. The molecule has 0 aliphatic carbocycles. The lowest BCUT2D eigenvalue weighted by atomic mass is 10.1. The van der Waals surface area contributed by atoms with Crippen LogP contribution >= 0.6 is 11.3 Å². The van der Waals surface area contributed by atoms with Crippen LogP contribution in [-0.4, -0.2) is 48.3 Å². The number of guanidine groups is 1. The van der Waals surface area contributed by atoms with Crippen molar-refractivity contribution in [2.45, 2.75) is 12.6 Å². The van der Waals surface area contributed by atoms with Crippen molar-refractivity contribution in [3.63, 3.8) is 0 Å². The van der Waals surface area contributed by atoms with Crippen molar-refractivity contribution >= 4 is 17.3 Å². The van der Waals surface area contributed by atoms with Crippen LogP contribution in [0.1, 0.15) is 16.5 Å². The van der Waals surface area contributed by atoms with Crippen LogP contribution in [0.25, 0.3) is 0 Å². The number of aromatic nitrogens is 2. The first-order valence-corrected chi connectivity index (χ1v) is 8.10. The van der Waals surface area contributed by atoms with Gasteiger partial charge in [0.25, 0.3) is 0 Å². The highest BCUT2D eigenvalue weighted by atomic mass is 32.1. The summed E-state index contributed by atoms with van der Waals surface area (Å²) in [6.45, 7) is 1.56. The summed E-state index contributed by atoms with van der Waals surface area (Å²) in [5.41, 5.74) is 1.19. The molecule has 0 aliphatic heterocycles. The molecule has 22 heavy (non-hydrogen) atoms. The summed E-state index contributed by atoms with van der Waals surface area (Å²) in [5, 5.41) is 13.1. The van der Waals surface area contributed by atoms with E-state index in [1.165, 1.54) is 10.4 Å². The van der Waals surface area contributed by atoms with Crippen molar-refractivity contribution in [1.29, 1.82) is 0 Å². The zero-order chi connectivity index (χ0) is 15.9. The molecular formula is C15H24N6S. The van der Waals surface area contributed by atoms with Crippen LogP contribution in [-0.2, 0) is 13.6 Å². The van der Waals surface area contributed by atoms with Gasteiger partial charge >= 0.3 is 0 Å². The number of hydrogen-bond donors (Lipinski definition) is 2. The minimum atomic E-state index is 0.244. The molecule has 0 amide bonds. The van der Waals surface area contributed by atoms with Crippen LogP contribution in [0.2, 0.25) is 0 Å². The largest absolute Gasteiger partial charge is 0.354 e. The molecule has 0 bridgehead atoms. The van der Waals surface area contributed by atoms with Crippen molar-refractivity contribution in [3.8, 4) is 0 Å². The zero-order valence-electron chi connectivity index (χ0n) is 13.6. The van der Waals surface area contributed by atoms with Crippen molar-refractivity contribution < 1.29 is 0 Å². The smallest absolute Gasteiger partial charge is 0.191 e. The molecule has 1 unspecified atom stereocenters. The highest BCUT2D eigenvalue weighted by Crippen LogP contribution is 2.16. The maximum absolute atomic E-state index is 4.28. The monoisotopic (exact) mass is 320 g/mol. The van der Waals surface area contributed by atoms with E-state index in [1.54, 1.807) is 18.4 Å². The quantitative estimate of drug-likeness (QED) is 0.625. The maximum Gasteiger partial charge on any atom is 0.191 e. The summed E-state index contributed by atoms with van der Waals surface area (Å²) in [6.07, 6.45) is 3.96. The standard InChI is InChI=1S/C15H24N6S/c1-16-15(17-9-13-6-5-7-22-13)18-10-14(20(2)3)12-8-19-21(4)11-12/h5-8,11,14H,9-10H2,1-4H3,(H2,16,17,18). The second kappa shape index (κ2) is 7.95. The Labute approximate surface area is 135 Å². The van der Waals surface area contributed by atoms with Crippen LogP contribution < -0.4 is 10.6 Å². The van der Waals surface area contributed by atoms with Crippen molar-refractivity contribution in [3.05, 3.63) is 40.3 Å². The molecule has 1 atom stereocenters.